The second-order valence-corrected chi connectivity index (χ2v) is 5.12. The number of carboxylic acid groups (broad SMARTS) is 2. The van der Waals surface area contributed by atoms with Crippen molar-refractivity contribution >= 4 is 17.6 Å². The summed E-state index contributed by atoms with van der Waals surface area (Å²) in [6.45, 7) is 7.86. The highest BCUT2D eigenvalue weighted by molar-refractivity contribution is 5.89. The number of hydrogen-bond donors (Lipinski definition) is 3. The molecule has 2 rings (SSSR count). The number of aromatic nitrogens is 1. The summed E-state index contributed by atoms with van der Waals surface area (Å²) in [6.07, 6.45) is 8.46. The molecule has 8 nitrogen and oxygen atoms in total. The molecule has 1 aliphatic heterocycles. The molecule has 1 aromatic heterocycles. The number of nitrogens with one attached hydrogen (secondary N) is 1. The highest BCUT2D eigenvalue weighted by atomic mass is 16.5. The van der Waals surface area contributed by atoms with Crippen LogP contribution in [0.15, 0.2) is 43.5 Å². The first-order chi connectivity index (χ1) is 12.0. The molecule has 1 fully saturated rings. The van der Waals surface area contributed by atoms with Crippen LogP contribution in [-0.2, 0) is 9.59 Å². The van der Waals surface area contributed by atoms with E-state index >= 15 is 0 Å². The van der Waals surface area contributed by atoms with Gasteiger partial charge in [-0.2, -0.15) is 0 Å². The topological polar surface area (TPSA) is 112 Å². The van der Waals surface area contributed by atoms with E-state index in [0.29, 0.717) is 12.2 Å². The number of ether oxygens (including phenoxy) is 1. The van der Waals surface area contributed by atoms with Gasteiger partial charge in [0.1, 0.15) is 5.75 Å². The van der Waals surface area contributed by atoms with Gasteiger partial charge in [-0.1, -0.05) is 6.58 Å². The molecule has 2 heterocycles. The fraction of sp³-hybridized carbons (Fsp3) is 0.353. The molecule has 0 radical (unpaired) electrons. The van der Waals surface area contributed by atoms with Gasteiger partial charge in [0, 0.05) is 31.3 Å². The Balaban J connectivity index is 0.000000333. The van der Waals surface area contributed by atoms with Gasteiger partial charge >= 0.3 is 11.9 Å². The Hall–Kier alpha value is -2.87. The standard InChI is InChI=1S/C13H19N3O.C4H4O4/c1-2-17-13-9-12(10-15-11-13)16-7-3-5-14-6-4-8-16;5-3(6)1-2-4(7)8/h2,9-11,14H,1,3-8H2;1-2H,(H,5,6)(H,7,8)/b;2-1+. The zero-order valence-electron chi connectivity index (χ0n) is 13.9. The lowest BCUT2D eigenvalue weighted by Gasteiger charge is -2.27. The number of carbonyl (C=O) groups is 2. The second-order valence-electron chi connectivity index (χ2n) is 5.12. The van der Waals surface area contributed by atoms with Crippen molar-refractivity contribution in [3.63, 3.8) is 0 Å². The fourth-order valence-electron chi connectivity index (χ4n) is 2.17. The molecule has 0 aliphatic carbocycles. The monoisotopic (exact) mass is 349 g/mol. The number of hydrogen-bond acceptors (Lipinski definition) is 6. The number of anilines is 1. The summed E-state index contributed by atoms with van der Waals surface area (Å²) in [4.78, 5) is 25.7. The Kier molecular flexibility index (Phi) is 9.39. The molecule has 3 N–H and O–H groups in total. The lowest BCUT2D eigenvalue weighted by atomic mass is 10.2. The number of nitrogens with zero attached hydrogens (tertiary/aromatic N) is 2. The van der Waals surface area contributed by atoms with Crippen LogP contribution in [0, 0.1) is 0 Å². The summed E-state index contributed by atoms with van der Waals surface area (Å²) in [5.41, 5.74) is 1.13. The van der Waals surface area contributed by atoms with E-state index in [4.69, 9.17) is 14.9 Å². The molecule has 0 spiro atoms. The highest BCUT2D eigenvalue weighted by Gasteiger charge is 2.09. The molecule has 0 bridgehead atoms. The minimum Gasteiger partial charge on any atom is -0.478 e. The van der Waals surface area contributed by atoms with Crippen LogP contribution in [0.2, 0.25) is 0 Å². The molecule has 0 atom stereocenters. The van der Waals surface area contributed by atoms with Crippen LogP contribution in [0.25, 0.3) is 0 Å². The lowest BCUT2D eigenvalue weighted by Crippen LogP contribution is -2.33. The van der Waals surface area contributed by atoms with Crippen molar-refractivity contribution in [2.24, 2.45) is 0 Å². The van der Waals surface area contributed by atoms with Crippen molar-refractivity contribution in [3.8, 4) is 5.75 Å². The molecule has 25 heavy (non-hydrogen) atoms. The summed E-state index contributed by atoms with van der Waals surface area (Å²) >= 11 is 0. The summed E-state index contributed by atoms with van der Waals surface area (Å²) in [5.74, 6) is -1.77. The first kappa shape index (κ1) is 20.2. The summed E-state index contributed by atoms with van der Waals surface area (Å²) in [7, 11) is 0. The van der Waals surface area contributed by atoms with Gasteiger partial charge in [0.25, 0.3) is 0 Å². The van der Waals surface area contributed by atoms with Crippen molar-refractivity contribution in [2.75, 3.05) is 31.1 Å². The number of aliphatic carboxylic acids is 2. The van der Waals surface area contributed by atoms with Crippen LogP contribution in [0.3, 0.4) is 0 Å². The quantitative estimate of drug-likeness (QED) is 0.542. The van der Waals surface area contributed by atoms with Gasteiger partial charge in [-0.3, -0.25) is 4.98 Å². The molecule has 0 amide bonds. The Labute approximate surface area is 146 Å². The van der Waals surface area contributed by atoms with Crippen LogP contribution >= 0.6 is 0 Å². The van der Waals surface area contributed by atoms with Gasteiger partial charge in [0.2, 0.25) is 0 Å². The zero-order valence-corrected chi connectivity index (χ0v) is 13.9. The number of rotatable bonds is 5. The molecular weight excluding hydrogens is 326 g/mol. The third kappa shape index (κ3) is 9.11. The minimum atomic E-state index is -1.26. The van der Waals surface area contributed by atoms with Gasteiger partial charge in [-0.05, 0) is 25.9 Å². The molecule has 1 aliphatic rings. The second kappa shape index (κ2) is 11.6. The first-order valence-electron chi connectivity index (χ1n) is 7.85. The lowest BCUT2D eigenvalue weighted by molar-refractivity contribution is -0.134. The van der Waals surface area contributed by atoms with Crippen LogP contribution in [0.4, 0.5) is 5.69 Å². The Bertz CT molecular complexity index is 580. The average molecular weight is 349 g/mol. The smallest absolute Gasteiger partial charge is 0.328 e. The zero-order chi connectivity index (χ0) is 18.5. The maximum absolute atomic E-state index is 9.55. The summed E-state index contributed by atoms with van der Waals surface area (Å²) in [6, 6.07) is 2.02. The third-order valence-corrected chi connectivity index (χ3v) is 3.21. The van der Waals surface area contributed by atoms with Crippen molar-refractivity contribution in [3.05, 3.63) is 43.5 Å². The van der Waals surface area contributed by atoms with Crippen LogP contribution < -0.4 is 15.0 Å². The Morgan fingerprint density at radius 1 is 1.16 bits per heavy atom. The van der Waals surface area contributed by atoms with Crippen molar-refractivity contribution < 1.29 is 24.5 Å². The maximum atomic E-state index is 9.55. The Morgan fingerprint density at radius 2 is 1.76 bits per heavy atom. The third-order valence-electron chi connectivity index (χ3n) is 3.21. The predicted molar refractivity (Wildman–Crippen MR) is 93.8 cm³/mol. The molecule has 1 saturated heterocycles. The van der Waals surface area contributed by atoms with Crippen molar-refractivity contribution in [1.82, 2.24) is 10.3 Å². The maximum Gasteiger partial charge on any atom is 0.328 e. The molecule has 0 saturated carbocycles. The molecule has 0 aromatic carbocycles. The van der Waals surface area contributed by atoms with Crippen LogP contribution in [0.1, 0.15) is 12.8 Å². The van der Waals surface area contributed by atoms with E-state index in [1.165, 1.54) is 6.26 Å². The van der Waals surface area contributed by atoms with E-state index in [0.717, 1.165) is 50.5 Å². The van der Waals surface area contributed by atoms with E-state index in [2.05, 4.69) is 21.8 Å². The molecule has 136 valence electrons. The molecule has 0 unspecified atom stereocenters. The van der Waals surface area contributed by atoms with Crippen molar-refractivity contribution in [2.45, 2.75) is 12.8 Å². The Morgan fingerprint density at radius 3 is 2.28 bits per heavy atom. The van der Waals surface area contributed by atoms with E-state index in [1.807, 2.05) is 12.3 Å². The van der Waals surface area contributed by atoms with E-state index in [1.54, 1.807) is 6.20 Å². The predicted octanol–water partition coefficient (Wildman–Crippen LogP) is 1.51. The average Bonchev–Trinajstić information content (AvgIpc) is 2.54. The SMILES string of the molecule is C=COc1cncc(N2CCCNCCC2)c1.O=C(O)/C=C/C(=O)O. The van der Waals surface area contributed by atoms with Gasteiger partial charge in [0.15, 0.2) is 0 Å². The van der Waals surface area contributed by atoms with Crippen LogP contribution in [-0.4, -0.2) is 53.3 Å². The normalized spacial score (nSPS) is 14.6. The van der Waals surface area contributed by atoms with Gasteiger partial charge in [0.05, 0.1) is 24.3 Å². The fourth-order valence-corrected chi connectivity index (χ4v) is 2.17. The van der Waals surface area contributed by atoms with Gasteiger partial charge < -0.3 is 25.2 Å². The first-order valence-corrected chi connectivity index (χ1v) is 7.85. The van der Waals surface area contributed by atoms with Gasteiger partial charge in [-0.25, -0.2) is 9.59 Å². The van der Waals surface area contributed by atoms with Crippen LogP contribution in [0.5, 0.6) is 5.75 Å². The van der Waals surface area contributed by atoms with E-state index in [-0.39, 0.29) is 0 Å². The molecular formula is C17H23N3O5. The van der Waals surface area contributed by atoms with E-state index < -0.39 is 11.9 Å². The number of pyridine rings is 1. The summed E-state index contributed by atoms with van der Waals surface area (Å²) < 4.78 is 5.26. The largest absolute Gasteiger partial charge is 0.478 e. The molecule has 1 aromatic rings. The highest BCUT2D eigenvalue weighted by Crippen LogP contribution is 2.20. The van der Waals surface area contributed by atoms with Gasteiger partial charge in [-0.15, -0.1) is 0 Å². The molecule has 8 heteroatoms. The van der Waals surface area contributed by atoms with E-state index in [9.17, 15) is 9.59 Å². The van der Waals surface area contributed by atoms with Crippen molar-refractivity contribution in [1.29, 1.82) is 0 Å². The minimum absolute atomic E-state index is 0.558. The summed E-state index contributed by atoms with van der Waals surface area (Å²) in [5, 5.41) is 19.0. The number of carboxylic acids is 2.